The quantitative estimate of drug-likeness (QED) is 0.352. The second-order valence-electron chi connectivity index (χ2n) is 9.44. The summed E-state index contributed by atoms with van der Waals surface area (Å²) in [5.41, 5.74) is 2.63. The first kappa shape index (κ1) is 28.4. The average Bonchev–Trinajstić information content (AvgIpc) is 3.34. The summed E-state index contributed by atoms with van der Waals surface area (Å²) < 4.78 is 16.1. The molecule has 208 valence electrons. The van der Waals surface area contributed by atoms with E-state index in [0.717, 1.165) is 47.7 Å². The van der Waals surface area contributed by atoms with Crippen molar-refractivity contribution in [3.8, 4) is 17.2 Å². The Morgan fingerprint density at radius 1 is 1.03 bits per heavy atom. The van der Waals surface area contributed by atoms with E-state index in [1.165, 1.54) is 11.3 Å². The Hall–Kier alpha value is -3.63. The first-order chi connectivity index (χ1) is 19.0. The molecule has 2 aromatic carbocycles. The third kappa shape index (κ3) is 7.93. The number of hydrogen-bond donors (Lipinski definition) is 2. The first-order valence-corrected chi connectivity index (χ1v) is 14.0. The lowest BCUT2D eigenvalue weighted by molar-refractivity contribution is -0.122. The highest BCUT2D eigenvalue weighted by Gasteiger charge is 2.24. The maximum absolute atomic E-state index is 12.9. The minimum Gasteiger partial charge on any atom is -0.497 e. The van der Waals surface area contributed by atoms with Crippen molar-refractivity contribution in [2.75, 3.05) is 34.4 Å². The zero-order valence-electron chi connectivity index (χ0n) is 22.7. The van der Waals surface area contributed by atoms with Crippen LogP contribution in [0.15, 0.2) is 47.8 Å². The second-order valence-corrected chi connectivity index (χ2v) is 10.4. The number of hydrogen-bond acceptors (Lipinski definition) is 8. The summed E-state index contributed by atoms with van der Waals surface area (Å²) in [6.07, 6.45) is 3.26. The zero-order valence-corrected chi connectivity index (χ0v) is 23.5. The van der Waals surface area contributed by atoms with E-state index in [0.29, 0.717) is 43.2 Å². The van der Waals surface area contributed by atoms with Crippen LogP contribution >= 0.6 is 11.3 Å². The molecule has 1 aliphatic rings. The number of aromatic nitrogens is 1. The van der Waals surface area contributed by atoms with Crippen molar-refractivity contribution >= 4 is 23.2 Å². The van der Waals surface area contributed by atoms with E-state index in [2.05, 4.69) is 32.7 Å². The monoisotopic (exact) mass is 552 g/mol. The lowest BCUT2D eigenvalue weighted by Gasteiger charge is -2.22. The van der Waals surface area contributed by atoms with Crippen LogP contribution < -0.4 is 24.8 Å². The largest absolute Gasteiger partial charge is 0.497 e. The van der Waals surface area contributed by atoms with Gasteiger partial charge in [-0.1, -0.05) is 18.2 Å². The summed E-state index contributed by atoms with van der Waals surface area (Å²) in [4.78, 5) is 32.0. The van der Waals surface area contributed by atoms with Gasteiger partial charge in [0, 0.05) is 25.0 Å². The van der Waals surface area contributed by atoms with E-state index >= 15 is 0 Å². The maximum atomic E-state index is 12.9. The molecule has 9 nitrogen and oxygen atoms in total. The number of benzene rings is 2. The van der Waals surface area contributed by atoms with Crippen molar-refractivity contribution in [1.29, 1.82) is 0 Å². The zero-order chi connectivity index (χ0) is 27.6. The van der Waals surface area contributed by atoms with Crippen molar-refractivity contribution in [2.24, 2.45) is 0 Å². The Kier molecular flexibility index (Phi) is 10.2. The molecule has 4 rings (SSSR count). The standard InChI is InChI=1S/C29H36N4O5S/c1-36-22-10-7-21(8-11-22)17-33(15-13-20-9-12-25(37-2)26(16-20)38-3)18-27-31-24(19-39-27)29(35)32-23-6-4-5-14-30-28(23)34/h7-12,16,19,23H,4-6,13-15,17-18H2,1-3H3,(H,30,34)(H,32,35). The van der Waals surface area contributed by atoms with E-state index in [4.69, 9.17) is 14.2 Å². The van der Waals surface area contributed by atoms with E-state index in [9.17, 15) is 9.59 Å². The average molecular weight is 553 g/mol. The van der Waals surface area contributed by atoms with Crippen molar-refractivity contribution in [1.82, 2.24) is 20.5 Å². The molecule has 1 unspecified atom stereocenters. The van der Waals surface area contributed by atoms with Gasteiger partial charge in [-0.15, -0.1) is 11.3 Å². The van der Waals surface area contributed by atoms with Gasteiger partial charge in [-0.3, -0.25) is 14.5 Å². The summed E-state index contributed by atoms with van der Waals surface area (Å²) >= 11 is 1.45. The van der Waals surface area contributed by atoms with Crippen LogP contribution in [0.25, 0.3) is 0 Å². The Morgan fingerprint density at radius 2 is 1.79 bits per heavy atom. The lowest BCUT2D eigenvalue weighted by Crippen LogP contribution is -2.45. The first-order valence-electron chi connectivity index (χ1n) is 13.1. The molecular weight excluding hydrogens is 516 g/mol. The van der Waals surface area contributed by atoms with Crippen molar-refractivity contribution in [3.63, 3.8) is 0 Å². The highest BCUT2D eigenvalue weighted by molar-refractivity contribution is 7.09. The van der Waals surface area contributed by atoms with E-state index in [-0.39, 0.29) is 11.8 Å². The predicted octanol–water partition coefficient (Wildman–Crippen LogP) is 3.81. The Morgan fingerprint density at radius 3 is 2.54 bits per heavy atom. The molecule has 2 amide bonds. The van der Waals surface area contributed by atoms with Gasteiger partial charge >= 0.3 is 0 Å². The number of thiazole rings is 1. The van der Waals surface area contributed by atoms with Crippen molar-refractivity contribution in [3.05, 3.63) is 69.7 Å². The van der Waals surface area contributed by atoms with Crippen LogP contribution in [0.4, 0.5) is 0 Å². The van der Waals surface area contributed by atoms with Crippen LogP contribution in [-0.2, 0) is 24.3 Å². The summed E-state index contributed by atoms with van der Waals surface area (Å²) in [6, 6.07) is 13.5. The van der Waals surface area contributed by atoms with Crippen LogP contribution in [0.3, 0.4) is 0 Å². The number of rotatable bonds is 12. The number of nitrogens with one attached hydrogen (secondary N) is 2. The highest BCUT2D eigenvalue weighted by Crippen LogP contribution is 2.28. The topological polar surface area (TPSA) is 102 Å². The molecule has 1 fully saturated rings. The highest BCUT2D eigenvalue weighted by atomic mass is 32.1. The third-order valence-electron chi connectivity index (χ3n) is 6.71. The molecule has 1 aromatic heterocycles. The summed E-state index contributed by atoms with van der Waals surface area (Å²) in [5.74, 6) is 1.78. The third-order valence-corrected chi connectivity index (χ3v) is 7.55. The molecule has 2 heterocycles. The van der Waals surface area contributed by atoms with Gasteiger partial charge in [0.05, 0.1) is 27.9 Å². The van der Waals surface area contributed by atoms with E-state index in [1.807, 2.05) is 30.3 Å². The molecular formula is C29H36N4O5S. The molecule has 39 heavy (non-hydrogen) atoms. The van der Waals surface area contributed by atoms with Crippen LogP contribution in [0.5, 0.6) is 17.2 Å². The summed E-state index contributed by atoms with van der Waals surface area (Å²) in [5, 5.41) is 8.31. The number of amides is 2. The van der Waals surface area contributed by atoms with Crippen molar-refractivity contribution < 1.29 is 23.8 Å². The van der Waals surface area contributed by atoms with E-state index in [1.54, 1.807) is 26.7 Å². The molecule has 1 aliphatic heterocycles. The van der Waals surface area contributed by atoms with Crippen LogP contribution in [0.2, 0.25) is 0 Å². The normalized spacial score (nSPS) is 15.4. The molecule has 1 atom stereocenters. The molecule has 0 saturated carbocycles. The fraction of sp³-hybridized carbons (Fsp3) is 0.414. The Bertz CT molecular complexity index is 1250. The minimum absolute atomic E-state index is 0.128. The number of nitrogens with zero attached hydrogens (tertiary/aromatic N) is 2. The molecule has 0 aliphatic carbocycles. The van der Waals surface area contributed by atoms with Gasteiger partial charge < -0.3 is 24.8 Å². The molecule has 0 spiro atoms. The van der Waals surface area contributed by atoms with Crippen LogP contribution in [0, 0.1) is 0 Å². The smallest absolute Gasteiger partial charge is 0.271 e. The van der Waals surface area contributed by atoms with Gasteiger partial charge in [0.15, 0.2) is 11.5 Å². The SMILES string of the molecule is COc1ccc(CN(CCc2ccc(OC)c(OC)c2)Cc2nc(C(=O)NC3CCCCNC3=O)cs2)cc1. The van der Waals surface area contributed by atoms with Crippen molar-refractivity contribution in [2.45, 2.75) is 44.8 Å². The van der Waals surface area contributed by atoms with Gasteiger partial charge in [0.1, 0.15) is 22.5 Å². The minimum atomic E-state index is -0.516. The fourth-order valence-corrected chi connectivity index (χ4v) is 5.33. The van der Waals surface area contributed by atoms with Gasteiger partial charge in [-0.25, -0.2) is 4.98 Å². The number of carbonyl (C=O) groups is 2. The molecule has 0 bridgehead atoms. The van der Waals surface area contributed by atoms with E-state index < -0.39 is 6.04 Å². The molecule has 3 aromatic rings. The maximum Gasteiger partial charge on any atom is 0.271 e. The van der Waals surface area contributed by atoms with Crippen LogP contribution in [0.1, 0.15) is 45.9 Å². The number of methoxy groups -OCH3 is 3. The summed E-state index contributed by atoms with van der Waals surface area (Å²) in [7, 11) is 4.92. The van der Waals surface area contributed by atoms with Gasteiger partial charge in [-0.2, -0.15) is 0 Å². The number of carbonyl (C=O) groups excluding carboxylic acids is 2. The number of ether oxygens (including phenoxy) is 3. The Labute approximate surface area is 233 Å². The molecule has 10 heteroatoms. The van der Waals surface area contributed by atoms with Gasteiger partial charge in [-0.05, 0) is 61.1 Å². The van der Waals surface area contributed by atoms with Gasteiger partial charge in [0.25, 0.3) is 5.91 Å². The fourth-order valence-electron chi connectivity index (χ4n) is 4.51. The molecule has 2 N–H and O–H groups in total. The second kappa shape index (κ2) is 14.0. The van der Waals surface area contributed by atoms with Gasteiger partial charge in [0.2, 0.25) is 5.91 Å². The lowest BCUT2D eigenvalue weighted by atomic mass is 10.1. The Balaban J connectivity index is 1.45. The summed E-state index contributed by atoms with van der Waals surface area (Å²) in [6.45, 7) is 2.71. The molecule has 0 radical (unpaired) electrons. The molecule has 1 saturated heterocycles. The van der Waals surface area contributed by atoms with Crippen LogP contribution in [-0.4, -0.2) is 62.2 Å². The predicted molar refractivity (Wildman–Crippen MR) is 151 cm³/mol.